The summed E-state index contributed by atoms with van der Waals surface area (Å²) in [5.74, 6) is -0.807. The molecule has 1 amide bonds. The fraction of sp³-hybridized carbons (Fsp3) is 0.222. The first-order valence-electron chi connectivity index (χ1n) is 7.65. The summed E-state index contributed by atoms with van der Waals surface area (Å²) in [5, 5.41) is 2.73. The van der Waals surface area contributed by atoms with Crippen LogP contribution in [0.3, 0.4) is 0 Å². The van der Waals surface area contributed by atoms with Crippen LogP contribution in [0.2, 0.25) is 0 Å². The number of carbonyl (C=O) groups is 2. The van der Waals surface area contributed by atoms with Crippen LogP contribution in [0.5, 0.6) is 0 Å². The van der Waals surface area contributed by atoms with Crippen molar-refractivity contribution in [1.82, 2.24) is 5.32 Å². The number of hydrogen-bond acceptors (Lipinski definition) is 5. The maximum absolute atomic E-state index is 12.2. The molecule has 2 aromatic rings. The molecule has 7 heteroatoms. The van der Waals surface area contributed by atoms with Crippen molar-refractivity contribution in [2.45, 2.75) is 18.4 Å². The summed E-state index contributed by atoms with van der Waals surface area (Å²) in [7, 11) is -1.96. The summed E-state index contributed by atoms with van der Waals surface area (Å²) in [4.78, 5) is 24.0. The molecule has 0 heterocycles. The molecular weight excluding hydrogens is 342 g/mol. The molecule has 2 aromatic carbocycles. The van der Waals surface area contributed by atoms with Crippen LogP contribution in [0, 0.1) is 0 Å². The van der Waals surface area contributed by atoms with Gasteiger partial charge in [-0.1, -0.05) is 25.1 Å². The number of nitrogens with one attached hydrogen (secondary N) is 1. The molecule has 0 aromatic heterocycles. The molecule has 0 aliphatic rings. The van der Waals surface area contributed by atoms with Gasteiger partial charge in [0.05, 0.1) is 23.3 Å². The average Bonchev–Trinajstić information content (AvgIpc) is 2.65. The van der Waals surface area contributed by atoms with Crippen LogP contribution in [-0.4, -0.2) is 33.2 Å². The molecule has 0 radical (unpaired) electrons. The first-order chi connectivity index (χ1) is 11.9. The van der Waals surface area contributed by atoms with Gasteiger partial charge < -0.3 is 10.1 Å². The van der Waals surface area contributed by atoms with Crippen molar-refractivity contribution < 1.29 is 22.7 Å². The van der Waals surface area contributed by atoms with Gasteiger partial charge in [0.1, 0.15) is 0 Å². The van der Waals surface area contributed by atoms with Gasteiger partial charge in [-0.3, -0.25) is 4.79 Å². The number of ether oxygens (including phenoxy) is 1. The zero-order chi connectivity index (χ0) is 18.4. The lowest BCUT2D eigenvalue weighted by atomic mass is 10.1. The molecule has 132 valence electrons. The van der Waals surface area contributed by atoms with Crippen LogP contribution in [0.1, 0.15) is 33.2 Å². The van der Waals surface area contributed by atoms with E-state index in [1.165, 1.54) is 25.3 Å². The molecule has 0 bridgehead atoms. The van der Waals surface area contributed by atoms with Crippen LogP contribution >= 0.6 is 0 Å². The van der Waals surface area contributed by atoms with Crippen molar-refractivity contribution in [3.63, 3.8) is 0 Å². The van der Waals surface area contributed by atoms with E-state index in [4.69, 9.17) is 0 Å². The summed E-state index contributed by atoms with van der Waals surface area (Å²) in [6, 6.07) is 12.6. The second kappa shape index (κ2) is 7.94. The fourth-order valence-corrected chi connectivity index (χ4v) is 3.06. The van der Waals surface area contributed by atoms with E-state index in [1.807, 2.05) is 0 Å². The van der Waals surface area contributed by atoms with E-state index in [9.17, 15) is 18.0 Å². The third-order valence-electron chi connectivity index (χ3n) is 3.66. The Kier molecular flexibility index (Phi) is 5.93. The van der Waals surface area contributed by atoms with E-state index in [0.29, 0.717) is 11.1 Å². The summed E-state index contributed by atoms with van der Waals surface area (Å²) < 4.78 is 28.2. The minimum absolute atomic E-state index is 0.0413. The van der Waals surface area contributed by atoms with Crippen molar-refractivity contribution >= 4 is 21.7 Å². The van der Waals surface area contributed by atoms with Crippen LogP contribution in [0.4, 0.5) is 0 Å². The third-order valence-corrected chi connectivity index (χ3v) is 5.41. The van der Waals surface area contributed by atoms with Gasteiger partial charge in [-0.25, -0.2) is 13.2 Å². The summed E-state index contributed by atoms with van der Waals surface area (Å²) in [5.41, 5.74) is 1.41. The molecule has 6 nitrogen and oxygen atoms in total. The van der Waals surface area contributed by atoms with E-state index in [2.05, 4.69) is 10.1 Å². The summed E-state index contributed by atoms with van der Waals surface area (Å²) in [6.45, 7) is 1.83. The predicted molar refractivity (Wildman–Crippen MR) is 93.1 cm³/mol. The monoisotopic (exact) mass is 361 g/mol. The quantitative estimate of drug-likeness (QED) is 0.797. The van der Waals surface area contributed by atoms with Gasteiger partial charge in [-0.05, 0) is 35.9 Å². The maximum atomic E-state index is 12.2. The lowest BCUT2D eigenvalue weighted by Gasteiger charge is -2.08. The zero-order valence-corrected chi connectivity index (χ0v) is 14.8. The van der Waals surface area contributed by atoms with Gasteiger partial charge >= 0.3 is 5.97 Å². The molecule has 25 heavy (non-hydrogen) atoms. The van der Waals surface area contributed by atoms with Crippen molar-refractivity contribution in [3.05, 3.63) is 65.2 Å². The number of carbonyl (C=O) groups excluding carboxylic acids is 2. The highest BCUT2D eigenvalue weighted by molar-refractivity contribution is 7.91. The Balaban J connectivity index is 2.04. The second-order valence-electron chi connectivity index (χ2n) is 5.30. The second-order valence-corrected chi connectivity index (χ2v) is 7.58. The third kappa shape index (κ3) is 4.67. The van der Waals surface area contributed by atoms with Crippen molar-refractivity contribution in [2.24, 2.45) is 0 Å². The zero-order valence-electron chi connectivity index (χ0n) is 14.0. The van der Waals surface area contributed by atoms with Crippen LogP contribution in [0.15, 0.2) is 53.4 Å². The van der Waals surface area contributed by atoms with Crippen LogP contribution in [0.25, 0.3) is 0 Å². The molecule has 0 atom stereocenters. The first-order valence-corrected chi connectivity index (χ1v) is 9.31. The van der Waals surface area contributed by atoms with Crippen molar-refractivity contribution in [1.29, 1.82) is 0 Å². The number of sulfone groups is 1. The predicted octanol–water partition coefficient (Wildman–Crippen LogP) is 2.20. The van der Waals surface area contributed by atoms with Gasteiger partial charge in [-0.2, -0.15) is 0 Å². The SMILES string of the molecule is CCS(=O)(=O)c1ccc(CNC(=O)c2cccc(C(=O)OC)c2)cc1. The highest BCUT2D eigenvalue weighted by Crippen LogP contribution is 2.13. The van der Waals surface area contributed by atoms with Gasteiger partial charge in [0, 0.05) is 12.1 Å². The average molecular weight is 361 g/mol. The Morgan fingerprint density at radius 1 is 1.04 bits per heavy atom. The Labute approximate surface area is 146 Å². The molecule has 0 unspecified atom stereocenters. The summed E-state index contributed by atoms with van der Waals surface area (Å²) in [6.07, 6.45) is 0. The van der Waals surface area contributed by atoms with Gasteiger partial charge in [-0.15, -0.1) is 0 Å². The summed E-state index contributed by atoms with van der Waals surface area (Å²) >= 11 is 0. The number of hydrogen-bond donors (Lipinski definition) is 1. The van der Waals surface area contributed by atoms with E-state index < -0.39 is 15.8 Å². The molecule has 0 aliphatic heterocycles. The van der Waals surface area contributed by atoms with E-state index >= 15 is 0 Å². The lowest BCUT2D eigenvalue weighted by molar-refractivity contribution is 0.0600. The fourth-order valence-electron chi connectivity index (χ4n) is 2.17. The molecule has 1 N–H and O–H groups in total. The Morgan fingerprint density at radius 2 is 1.68 bits per heavy atom. The van der Waals surface area contributed by atoms with Crippen molar-refractivity contribution in [3.8, 4) is 0 Å². The van der Waals surface area contributed by atoms with E-state index in [-0.39, 0.29) is 23.1 Å². The van der Waals surface area contributed by atoms with Gasteiger partial charge in [0.15, 0.2) is 9.84 Å². The van der Waals surface area contributed by atoms with Crippen molar-refractivity contribution in [2.75, 3.05) is 12.9 Å². The maximum Gasteiger partial charge on any atom is 0.337 e. The normalized spacial score (nSPS) is 11.0. The molecule has 2 rings (SSSR count). The van der Waals surface area contributed by atoms with Crippen LogP contribution < -0.4 is 5.32 Å². The topological polar surface area (TPSA) is 89.5 Å². The van der Waals surface area contributed by atoms with Gasteiger partial charge in [0.25, 0.3) is 5.91 Å². The van der Waals surface area contributed by atoms with E-state index in [0.717, 1.165) is 5.56 Å². The largest absolute Gasteiger partial charge is 0.465 e. The van der Waals surface area contributed by atoms with Crippen LogP contribution in [-0.2, 0) is 21.1 Å². The number of amides is 1. The van der Waals surface area contributed by atoms with E-state index in [1.54, 1.807) is 37.3 Å². The standard InChI is InChI=1S/C18H19NO5S/c1-3-25(22,23)16-9-7-13(8-10-16)12-19-17(20)14-5-4-6-15(11-14)18(21)24-2/h4-11H,3,12H2,1-2H3,(H,19,20). The first kappa shape index (κ1) is 18.7. The smallest absolute Gasteiger partial charge is 0.337 e. The Hall–Kier alpha value is -2.67. The molecule has 0 saturated heterocycles. The molecule has 0 aliphatic carbocycles. The highest BCUT2D eigenvalue weighted by atomic mass is 32.2. The Morgan fingerprint density at radius 3 is 2.28 bits per heavy atom. The number of esters is 1. The number of benzene rings is 2. The molecule has 0 saturated carbocycles. The minimum atomic E-state index is -3.24. The molecular formula is C18H19NO5S. The number of methoxy groups -OCH3 is 1. The highest BCUT2D eigenvalue weighted by Gasteiger charge is 2.12. The molecule has 0 spiro atoms. The number of rotatable bonds is 6. The minimum Gasteiger partial charge on any atom is -0.465 e. The molecule has 0 fully saturated rings. The van der Waals surface area contributed by atoms with Gasteiger partial charge in [0.2, 0.25) is 0 Å². The Bertz CT molecular complexity index is 873. The lowest BCUT2D eigenvalue weighted by Crippen LogP contribution is -2.23.